The molecule has 0 saturated carbocycles. The van der Waals surface area contributed by atoms with Gasteiger partial charge in [0.2, 0.25) is 0 Å². The van der Waals surface area contributed by atoms with E-state index in [0.717, 1.165) is 22.0 Å². The highest BCUT2D eigenvalue weighted by Gasteiger charge is 2.41. The largest absolute Gasteiger partial charge is 0.467 e. The van der Waals surface area contributed by atoms with Crippen molar-refractivity contribution in [2.75, 3.05) is 7.11 Å². The summed E-state index contributed by atoms with van der Waals surface area (Å²) in [5, 5.41) is 0.816. The number of carbonyl (C=O) groups is 2. The quantitative estimate of drug-likeness (QED) is 0.318. The first-order valence-electron chi connectivity index (χ1n) is 11.1. The average Bonchev–Trinajstić information content (AvgIpc) is 3.15. The van der Waals surface area contributed by atoms with Crippen molar-refractivity contribution in [1.82, 2.24) is 4.57 Å². The van der Waals surface area contributed by atoms with E-state index in [-0.39, 0.29) is 11.6 Å². The lowest BCUT2D eigenvalue weighted by atomic mass is 10.1. The van der Waals surface area contributed by atoms with Crippen molar-refractivity contribution in [2.45, 2.75) is 58.0 Å². The standard InChI is InChI=1S/C26H33NO5Si/c1-26(2,3)33(5,6)32-23(24(28)30-4)16-20-17-27(22-15-11-10-14-21(20)22)25(29)31-18-19-12-8-7-9-13-19/h7-15,17,23H,16,18H2,1-6H3/t23-/m0/s1. The SMILES string of the molecule is COC(=O)[C@H](Cc1cn(C(=O)OCc2ccccc2)c2ccccc12)O[Si](C)(C)C(C)(C)C. The predicted octanol–water partition coefficient (Wildman–Crippen LogP) is 5.93. The third-order valence-corrected chi connectivity index (χ3v) is 10.8. The van der Waals surface area contributed by atoms with Gasteiger partial charge >= 0.3 is 12.1 Å². The number of hydrogen-bond donors (Lipinski definition) is 0. The smallest absolute Gasteiger partial charge is 0.418 e. The lowest BCUT2D eigenvalue weighted by molar-refractivity contribution is -0.149. The molecule has 176 valence electrons. The zero-order valence-electron chi connectivity index (χ0n) is 20.3. The number of rotatable bonds is 7. The van der Waals surface area contributed by atoms with Crippen LogP contribution in [0.25, 0.3) is 10.9 Å². The Bertz CT molecular complexity index is 1110. The van der Waals surface area contributed by atoms with Gasteiger partial charge in [-0.1, -0.05) is 69.3 Å². The van der Waals surface area contributed by atoms with Crippen molar-refractivity contribution >= 4 is 31.3 Å². The van der Waals surface area contributed by atoms with Gasteiger partial charge in [-0.15, -0.1) is 0 Å². The lowest BCUT2D eigenvalue weighted by Gasteiger charge is -2.38. The lowest BCUT2D eigenvalue weighted by Crippen LogP contribution is -2.47. The van der Waals surface area contributed by atoms with Crippen LogP contribution in [-0.4, -0.2) is 38.2 Å². The van der Waals surface area contributed by atoms with E-state index in [4.69, 9.17) is 13.9 Å². The Morgan fingerprint density at radius 2 is 1.64 bits per heavy atom. The highest BCUT2D eigenvalue weighted by molar-refractivity contribution is 6.74. The van der Waals surface area contributed by atoms with Gasteiger partial charge in [0.15, 0.2) is 8.32 Å². The molecular formula is C26H33NO5Si. The van der Waals surface area contributed by atoms with Crippen molar-refractivity contribution in [3.8, 4) is 0 Å². The molecule has 0 aliphatic rings. The zero-order valence-corrected chi connectivity index (χ0v) is 21.3. The number of nitrogens with zero attached hydrogens (tertiary/aromatic N) is 1. The van der Waals surface area contributed by atoms with Crippen molar-refractivity contribution in [3.05, 3.63) is 71.9 Å². The monoisotopic (exact) mass is 467 g/mol. The van der Waals surface area contributed by atoms with Crippen LogP contribution in [-0.2, 0) is 31.7 Å². The topological polar surface area (TPSA) is 66.8 Å². The molecule has 0 aliphatic carbocycles. The fourth-order valence-corrected chi connectivity index (χ4v) is 4.63. The normalized spacial score (nSPS) is 13.0. The second-order valence-corrected chi connectivity index (χ2v) is 14.4. The number of aromatic nitrogens is 1. The maximum atomic E-state index is 12.9. The second-order valence-electron chi connectivity index (χ2n) is 9.68. The van der Waals surface area contributed by atoms with Gasteiger partial charge in [-0.2, -0.15) is 0 Å². The van der Waals surface area contributed by atoms with Crippen LogP contribution in [0, 0.1) is 0 Å². The van der Waals surface area contributed by atoms with E-state index in [1.165, 1.54) is 11.7 Å². The van der Waals surface area contributed by atoms with Crippen LogP contribution in [0.5, 0.6) is 0 Å². The van der Waals surface area contributed by atoms with Crippen LogP contribution < -0.4 is 0 Å². The molecule has 1 aromatic heterocycles. The molecule has 0 fully saturated rings. The van der Waals surface area contributed by atoms with E-state index in [1.54, 1.807) is 6.20 Å². The number of para-hydroxylation sites is 1. The minimum absolute atomic E-state index is 0.0610. The molecule has 33 heavy (non-hydrogen) atoms. The van der Waals surface area contributed by atoms with Crippen LogP contribution in [0.1, 0.15) is 31.9 Å². The molecule has 0 spiro atoms. The van der Waals surface area contributed by atoms with Gasteiger partial charge in [-0.3, -0.25) is 4.57 Å². The summed E-state index contributed by atoms with van der Waals surface area (Å²) in [6.07, 6.45) is 0.818. The van der Waals surface area contributed by atoms with E-state index < -0.39 is 26.5 Å². The first-order valence-corrected chi connectivity index (χ1v) is 14.0. The van der Waals surface area contributed by atoms with E-state index in [9.17, 15) is 9.59 Å². The number of benzene rings is 2. The highest BCUT2D eigenvalue weighted by Crippen LogP contribution is 2.38. The fourth-order valence-electron chi connectivity index (χ4n) is 3.39. The summed E-state index contributed by atoms with van der Waals surface area (Å²) in [7, 11) is -0.863. The van der Waals surface area contributed by atoms with Crippen LogP contribution >= 0.6 is 0 Å². The summed E-state index contributed by atoms with van der Waals surface area (Å²) in [6, 6.07) is 17.1. The van der Waals surface area contributed by atoms with E-state index in [1.807, 2.05) is 54.6 Å². The molecule has 1 atom stereocenters. The number of esters is 1. The Morgan fingerprint density at radius 1 is 1.00 bits per heavy atom. The van der Waals surface area contributed by atoms with Gasteiger partial charge in [0, 0.05) is 18.0 Å². The first-order chi connectivity index (χ1) is 15.5. The number of hydrogen-bond acceptors (Lipinski definition) is 5. The first kappa shape index (κ1) is 24.7. The summed E-state index contributed by atoms with van der Waals surface area (Å²) in [4.78, 5) is 25.5. The minimum Gasteiger partial charge on any atom is -0.467 e. The van der Waals surface area contributed by atoms with Crippen molar-refractivity contribution in [1.29, 1.82) is 0 Å². The number of carbonyl (C=O) groups excluding carboxylic acids is 2. The fraction of sp³-hybridized carbons (Fsp3) is 0.385. The molecule has 0 unspecified atom stereocenters. The van der Waals surface area contributed by atoms with Gasteiger partial charge in [0.1, 0.15) is 12.7 Å². The maximum Gasteiger partial charge on any atom is 0.418 e. The van der Waals surface area contributed by atoms with E-state index in [2.05, 4.69) is 33.9 Å². The Kier molecular flexibility index (Phi) is 7.44. The van der Waals surface area contributed by atoms with Crippen LogP contribution in [0.15, 0.2) is 60.8 Å². The molecule has 3 aromatic rings. The highest BCUT2D eigenvalue weighted by atomic mass is 28.4. The molecule has 7 heteroatoms. The maximum absolute atomic E-state index is 12.9. The summed E-state index contributed by atoms with van der Waals surface area (Å²) in [6.45, 7) is 10.8. The van der Waals surface area contributed by atoms with Crippen LogP contribution in [0.2, 0.25) is 18.1 Å². The zero-order chi connectivity index (χ0) is 24.2. The van der Waals surface area contributed by atoms with Gasteiger partial charge in [0.05, 0.1) is 12.6 Å². The molecule has 0 bridgehead atoms. The Hall–Kier alpha value is -2.90. The van der Waals surface area contributed by atoms with Crippen molar-refractivity contribution in [3.63, 3.8) is 0 Å². The van der Waals surface area contributed by atoms with Crippen molar-refractivity contribution in [2.24, 2.45) is 0 Å². The molecule has 0 radical (unpaired) electrons. The summed E-state index contributed by atoms with van der Waals surface area (Å²) in [5.41, 5.74) is 2.47. The Morgan fingerprint density at radius 3 is 2.27 bits per heavy atom. The van der Waals surface area contributed by atoms with Gasteiger partial charge < -0.3 is 13.9 Å². The molecule has 0 N–H and O–H groups in total. The third kappa shape index (κ3) is 5.72. The van der Waals surface area contributed by atoms with E-state index >= 15 is 0 Å². The third-order valence-electron chi connectivity index (χ3n) is 6.31. The summed E-state index contributed by atoms with van der Waals surface area (Å²) in [5.74, 6) is -0.414. The Balaban J connectivity index is 1.89. The van der Waals surface area contributed by atoms with Gasteiger partial charge in [-0.05, 0) is 35.3 Å². The number of fused-ring (bicyclic) bond motifs is 1. The van der Waals surface area contributed by atoms with Gasteiger partial charge in [0.25, 0.3) is 0 Å². The summed E-state index contributed by atoms with van der Waals surface area (Å²) >= 11 is 0. The number of methoxy groups -OCH3 is 1. The average molecular weight is 468 g/mol. The molecule has 0 aliphatic heterocycles. The Labute approximate surface area is 196 Å². The van der Waals surface area contributed by atoms with Crippen LogP contribution in [0.4, 0.5) is 4.79 Å². The van der Waals surface area contributed by atoms with E-state index in [0.29, 0.717) is 6.42 Å². The predicted molar refractivity (Wildman–Crippen MR) is 132 cm³/mol. The molecule has 1 heterocycles. The molecule has 0 amide bonds. The van der Waals surface area contributed by atoms with Gasteiger partial charge in [-0.25, -0.2) is 9.59 Å². The number of ether oxygens (including phenoxy) is 2. The molecule has 6 nitrogen and oxygen atoms in total. The molecular weight excluding hydrogens is 434 g/mol. The molecule has 2 aromatic carbocycles. The molecule has 0 saturated heterocycles. The minimum atomic E-state index is -2.23. The van der Waals surface area contributed by atoms with Crippen molar-refractivity contribution < 1.29 is 23.5 Å². The molecule has 3 rings (SSSR count). The summed E-state index contributed by atoms with van der Waals surface area (Å²) < 4.78 is 18.5. The van der Waals surface area contributed by atoms with Crippen LogP contribution in [0.3, 0.4) is 0 Å². The second kappa shape index (κ2) is 9.93.